The van der Waals surface area contributed by atoms with Crippen LogP contribution in [0.2, 0.25) is 0 Å². The Morgan fingerprint density at radius 2 is 1.58 bits per heavy atom. The molecule has 0 radical (unpaired) electrons. The average molecular weight is 431 g/mol. The molecule has 1 saturated heterocycles. The van der Waals surface area contributed by atoms with Crippen LogP contribution in [0.4, 0.5) is 8.78 Å². The quantitative estimate of drug-likeness (QED) is 0.346. The molecule has 8 heteroatoms. The smallest absolute Gasteiger partial charge is 0.168 e. The number of rotatable bonds is 6. The molecule has 1 heterocycles. The fraction of sp³-hybridized carbons (Fsp3) is 0.435. The maximum atomic E-state index is 14.5. The van der Waals surface area contributed by atoms with Gasteiger partial charge in [0.05, 0.1) is 5.71 Å². The van der Waals surface area contributed by atoms with Gasteiger partial charge in [0.15, 0.2) is 11.6 Å². The van der Waals surface area contributed by atoms with E-state index in [-0.39, 0.29) is 45.4 Å². The number of piperidine rings is 1. The monoisotopic (exact) mass is 430 g/mol. The van der Waals surface area contributed by atoms with Gasteiger partial charge >= 0.3 is 0 Å². The summed E-state index contributed by atoms with van der Waals surface area (Å²) in [5, 5.41) is 27.4. The number of hydrogen-bond donors (Lipinski definition) is 5. The summed E-state index contributed by atoms with van der Waals surface area (Å²) in [6.45, 7) is 8.53. The third-order valence-electron chi connectivity index (χ3n) is 5.52. The van der Waals surface area contributed by atoms with Gasteiger partial charge in [0, 0.05) is 53.3 Å². The number of nitrogens with one attached hydrogen (secondary N) is 4. The largest absolute Gasteiger partial charge is 0.404 e. The summed E-state index contributed by atoms with van der Waals surface area (Å²) in [6.07, 6.45) is 6.29. The number of likely N-dealkylation sites (N-methyl/N-ethyl adjacent to an activating group) is 1. The van der Waals surface area contributed by atoms with Gasteiger partial charge in [-0.15, -0.1) is 0 Å². The molecule has 0 atom stereocenters. The van der Waals surface area contributed by atoms with Crippen LogP contribution in [0.3, 0.4) is 0 Å². The molecular formula is C23H32F2N6. The van der Waals surface area contributed by atoms with E-state index in [1.165, 1.54) is 24.3 Å². The van der Waals surface area contributed by atoms with Crippen LogP contribution in [0, 0.1) is 27.9 Å². The average Bonchev–Trinajstić information content (AvgIpc) is 2.67. The van der Waals surface area contributed by atoms with E-state index in [1.807, 2.05) is 11.9 Å². The van der Waals surface area contributed by atoms with E-state index in [9.17, 15) is 8.78 Å². The molecule has 2 rings (SSSR count). The first-order valence-corrected chi connectivity index (χ1v) is 10.1. The van der Waals surface area contributed by atoms with Gasteiger partial charge in [-0.25, -0.2) is 8.78 Å². The van der Waals surface area contributed by atoms with E-state index >= 15 is 0 Å². The number of nitrogens with zero attached hydrogens (tertiary/aromatic N) is 1. The van der Waals surface area contributed by atoms with Crippen LogP contribution in [0.25, 0.3) is 5.57 Å². The zero-order valence-corrected chi connectivity index (χ0v) is 18.7. The molecule has 0 unspecified atom stereocenters. The SMILES string of the molecule is CN(C(=N)/C=C\C(=N)c1ccc(/C(C=N)=C/N)c(F)c1F)C1CC(C)(C)NC(C)(C)C1. The highest BCUT2D eigenvalue weighted by Gasteiger charge is 2.39. The second kappa shape index (κ2) is 9.09. The van der Waals surface area contributed by atoms with E-state index in [0.717, 1.165) is 25.3 Å². The van der Waals surface area contributed by atoms with Gasteiger partial charge in [-0.3, -0.25) is 5.41 Å². The van der Waals surface area contributed by atoms with Crippen LogP contribution >= 0.6 is 0 Å². The van der Waals surface area contributed by atoms with Gasteiger partial charge in [-0.2, -0.15) is 0 Å². The minimum absolute atomic E-state index is 0.0428. The van der Waals surface area contributed by atoms with E-state index in [1.54, 1.807) is 0 Å². The molecule has 1 aliphatic rings. The van der Waals surface area contributed by atoms with Gasteiger partial charge in [-0.05, 0) is 58.8 Å². The fourth-order valence-electron chi connectivity index (χ4n) is 4.30. The predicted molar refractivity (Wildman–Crippen MR) is 123 cm³/mol. The number of benzene rings is 1. The third kappa shape index (κ3) is 5.64. The minimum Gasteiger partial charge on any atom is -0.404 e. The Morgan fingerprint density at radius 1 is 1.06 bits per heavy atom. The summed E-state index contributed by atoms with van der Waals surface area (Å²) < 4.78 is 28.9. The van der Waals surface area contributed by atoms with Crippen LogP contribution in [-0.2, 0) is 0 Å². The number of amidine groups is 1. The molecule has 1 fully saturated rings. The van der Waals surface area contributed by atoms with E-state index in [4.69, 9.17) is 22.0 Å². The highest BCUT2D eigenvalue weighted by molar-refractivity contribution is 6.11. The molecule has 0 aromatic heterocycles. The van der Waals surface area contributed by atoms with Crippen LogP contribution in [0.15, 0.2) is 30.5 Å². The van der Waals surface area contributed by atoms with Gasteiger partial charge < -0.3 is 26.8 Å². The molecule has 0 bridgehead atoms. The molecule has 1 aromatic rings. The van der Waals surface area contributed by atoms with Crippen molar-refractivity contribution in [3.63, 3.8) is 0 Å². The fourth-order valence-corrected chi connectivity index (χ4v) is 4.30. The highest BCUT2D eigenvalue weighted by atomic mass is 19.2. The summed E-state index contributed by atoms with van der Waals surface area (Å²) in [6, 6.07) is 2.70. The summed E-state index contributed by atoms with van der Waals surface area (Å²) in [5.41, 5.74) is 4.63. The van der Waals surface area contributed by atoms with Crippen molar-refractivity contribution in [2.45, 2.75) is 57.7 Å². The van der Waals surface area contributed by atoms with Gasteiger partial charge in [0.2, 0.25) is 0 Å². The van der Waals surface area contributed by atoms with Crippen molar-refractivity contribution >= 4 is 23.3 Å². The zero-order valence-electron chi connectivity index (χ0n) is 18.7. The van der Waals surface area contributed by atoms with Crippen molar-refractivity contribution in [1.29, 1.82) is 16.2 Å². The Bertz CT molecular complexity index is 930. The van der Waals surface area contributed by atoms with Crippen molar-refractivity contribution in [3.8, 4) is 0 Å². The Labute approximate surface area is 182 Å². The van der Waals surface area contributed by atoms with Crippen LogP contribution in [-0.4, -0.2) is 46.8 Å². The number of nitrogens with two attached hydrogens (primary N) is 1. The molecule has 0 aliphatic carbocycles. The normalized spacial score (nSPS) is 18.7. The van der Waals surface area contributed by atoms with E-state index in [2.05, 4.69) is 33.0 Å². The van der Waals surface area contributed by atoms with Crippen molar-refractivity contribution in [2.24, 2.45) is 5.73 Å². The minimum atomic E-state index is -1.19. The summed E-state index contributed by atoms with van der Waals surface area (Å²) in [5.74, 6) is -2.16. The molecule has 6 nitrogen and oxygen atoms in total. The second-order valence-electron chi connectivity index (χ2n) is 9.25. The molecule has 0 spiro atoms. The van der Waals surface area contributed by atoms with E-state index < -0.39 is 11.6 Å². The lowest BCUT2D eigenvalue weighted by Crippen LogP contribution is -2.62. The van der Waals surface area contributed by atoms with Gasteiger partial charge in [-0.1, -0.05) is 6.07 Å². The molecule has 6 N–H and O–H groups in total. The zero-order chi connectivity index (χ0) is 23.6. The topological polar surface area (TPSA) is 113 Å². The summed E-state index contributed by atoms with van der Waals surface area (Å²) in [7, 11) is 1.84. The predicted octanol–water partition coefficient (Wildman–Crippen LogP) is 4.06. The first-order valence-electron chi connectivity index (χ1n) is 10.1. The lowest BCUT2D eigenvalue weighted by atomic mass is 9.79. The first kappa shape index (κ1) is 24.4. The first-order chi connectivity index (χ1) is 14.3. The Hall–Kier alpha value is -2.87. The van der Waals surface area contributed by atoms with Crippen molar-refractivity contribution in [1.82, 2.24) is 10.2 Å². The van der Waals surface area contributed by atoms with Crippen molar-refractivity contribution < 1.29 is 8.78 Å². The summed E-state index contributed by atoms with van der Waals surface area (Å²) >= 11 is 0. The van der Waals surface area contributed by atoms with Crippen LogP contribution in [0.1, 0.15) is 51.7 Å². The van der Waals surface area contributed by atoms with Crippen LogP contribution in [0.5, 0.6) is 0 Å². The number of halogens is 2. The lowest BCUT2D eigenvalue weighted by Gasteiger charge is -2.49. The van der Waals surface area contributed by atoms with Crippen LogP contribution < -0.4 is 11.1 Å². The maximum absolute atomic E-state index is 14.5. The molecule has 31 heavy (non-hydrogen) atoms. The number of allylic oxidation sites excluding steroid dienone is 2. The van der Waals surface area contributed by atoms with Crippen molar-refractivity contribution in [2.75, 3.05) is 7.05 Å². The molecule has 0 saturated carbocycles. The molecule has 168 valence electrons. The molecule has 0 amide bonds. The van der Waals surface area contributed by atoms with E-state index in [0.29, 0.717) is 0 Å². The molecular weight excluding hydrogens is 398 g/mol. The van der Waals surface area contributed by atoms with Crippen molar-refractivity contribution in [3.05, 3.63) is 53.2 Å². The Kier molecular flexibility index (Phi) is 7.16. The molecule has 1 aromatic carbocycles. The standard InChI is InChI=1S/C23H32F2N6/c1-22(2)10-15(11-23(3,4)30-22)31(5)19(29)9-8-18(28)17-7-6-16(14(12-26)13-27)20(24)21(17)25/h6-9,12-13,15,26,28-30H,10-11,27H2,1-5H3/b9-8-,14-13+,26-12?,28-18?,29-19?. The summed E-state index contributed by atoms with van der Waals surface area (Å²) in [4.78, 5) is 1.86. The highest BCUT2D eigenvalue weighted by Crippen LogP contribution is 2.31. The number of hydrogen-bond acceptors (Lipinski definition) is 5. The lowest BCUT2D eigenvalue weighted by molar-refractivity contribution is 0.114. The van der Waals surface area contributed by atoms with Gasteiger partial charge in [0.1, 0.15) is 5.84 Å². The third-order valence-corrected chi connectivity index (χ3v) is 5.52. The van der Waals surface area contributed by atoms with Gasteiger partial charge in [0.25, 0.3) is 0 Å². The second-order valence-corrected chi connectivity index (χ2v) is 9.25. The molecule has 1 aliphatic heterocycles. The Balaban J connectivity index is 2.18. The Morgan fingerprint density at radius 3 is 2.10 bits per heavy atom. The maximum Gasteiger partial charge on any atom is 0.168 e.